The average Bonchev–Trinajstić information content (AvgIpc) is 2.24. The number of hydrogen-bond donors (Lipinski definition) is 0. The van der Waals surface area contributed by atoms with Crippen molar-refractivity contribution in [2.24, 2.45) is 0 Å². The van der Waals surface area contributed by atoms with E-state index in [-0.39, 0.29) is 0 Å². The maximum atomic E-state index is 11.2. The van der Waals surface area contributed by atoms with Gasteiger partial charge >= 0.3 is 0 Å². The molecule has 1 rings (SSSR count). The molecule has 0 fully saturated rings. The Morgan fingerprint density at radius 3 is 2.45 bits per heavy atom. The minimum Gasteiger partial charge on any atom is -0.544 e. The predicted octanol–water partition coefficient (Wildman–Crippen LogP) is 2.41. The molecule has 0 N–H and O–H groups in total. The van der Waals surface area contributed by atoms with Gasteiger partial charge < -0.3 is 19.1 Å². The molecule has 112 valence electrons. The molecule has 0 saturated heterocycles. The Hall–Kier alpha value is 0.140. The van der Waals surface area contributed by atoms with E-state index in [1.54, 1.807) is 0 Å². The molecule has 1 aromatic rings. The van der Waals surface area contributed by atoms with Gasteiger partial charge in [-0.2, -0.15) is 0 Å². The highest BCUT2D eigenvalue weighted by Crippen LogP contribution is 2.33. The lowest BCUT2D eigenvalue weighted by atomic mass is 10.1. The molecule has 0 unspecified atom stereocenters. The minimum absolute atomic E-state index is 0.310. The standard InChI is InChI=1S/C13H16Br2INO3/c1-17(2,3)11(13(18)19)4-5-20-12-9(15)6-8(14)7-10(12)16/h6-7,11H,4-5H2,1-3H3/t11-/m1/s1. The number of hydrogen-bond acceptors (Lipinski definition) is 3. The fourth-order valence-electron chi connectivity index (χ4n) is 1.76. The van der Waals surface area contributed by atoms with Gasteiger partial charge in [-0.3, -0.25) is 0 Å². The zero-order valence-corrected chi connectivity index (χ0v) is 16.8. The van der Waals surface area contributed by atoms with Crippen molar-refractivity contribution >= 4 is 60.4 Å². The van der Waals surface area contributed by atoms with Crippen LogP contribution in [0.2, 0.25) is 0 Å². The van der Waals surface area contributed by atoms with Crippen LogP contribution in [0, 0.1) is 3.57 Å². The summed E-state index contributed by atoms with van der Waals surface area (Å²) in [5.41, 5.74) is 0. The molecule has 0 aliphatic carbocycles. The van der Waals surface area contributed by atoms with Crippen LogP contribution in [-0.4, -0.2) is 44.2 Å². The quantitative estimate of drug-likeness (QED) is 0.428. The minimum atomic E-state index is -1.05. The third-order valence-electron chi connectivity index (χ3n) is 2.81. The zero-order valence-electron chi connectivity index (χ0n) is 11.5. The number of benzene rings is 1. The van der Waals surface area contributed by atoms with Crippen LogP contribution in [0.4, 0.5) is 0 Å². The van der Waals surface area contributed by atoms with Crippen molar-refractivity contribution in [3.05, 3.63) is 24.6 Å². The summed E-state index contributed by atoms with van der Waals surface area (Å²) in [5, 5.41) is 11.2. The van der Waals surface area contributed by atoms with E-state index >= 15 is 0 Å². The van der Waals surface area contributed by atoms with Crippen LogP contribution in [0.5, 0.6) is 5.75 Å². The number of quaternary nitrogens is 1. The highest BCUT2D eigenvalue weighted by atomic mass is 127. The monoisotopic (exact) mass is 519 g/mol. The molecular weight excluding hydrogens is 505 g/mol. The van der Waals surface area contributed by atoms with Crippen molar-refractivity contribution in [3.63, 3.8) is 0 Å². The Balaban J connectivity index is 2.71. The number of likely N-dealkylation sites (N-methyl/N-ethyl adjacent to an activating group) is 1. The van der Waals surface area contributed by atoms with E-state index in [1.165, 1.54) is 0 Å². The Kier molecular flexibility index (Phi) is 6.75. The first-order valence-electron chi connectivity index (χ1n) is 5.92. The van der Waals surface area contributed by atoms with Crippen LogP contribution >= 0.6 is 54.5 Å². The summed E-state index contributed by atoms with van der Waals surface area (Å²) in [7, 11) is 5.50. The molecule has 1 atom stereocenters. The van der Waals surface area contributed by atoms with E-state index in [2.05, 4.69) is 54.5 Å². The van der Waals surface area contributed by atoms with Crippen molar-refractivity contribution < 1.29 is 19.1 Å². The van der Waals surface area contributed by atoms with Crippen LogP contribution in [0.25, 0.3) is 0 Å². The first kappa shape index (κ1) is 18.2. The van der Waals surface area contributed by atoms with E-state index in [4.69, 9.17) is 4.74 Å². The fraction of sp³-hybridized carbons (Fsp3) is 0.462. The van der Waals surface area contributed by atoms with Gasteiger partial charge in [0.15, 0.2) is 0 Å². The van der Waals surface area contributed by atoms with Gasteiger partial charge in [0, 0.05) is 10.9 Å². The molecule has 0 saturated carbocycles. The lowest BCUT2D eigenvalue weighted by molar-refractivity contribution is -0.889. The van der Waals surface area contributed by atoms with E-state index in [1.807, 2.05) is 33.3 Å². The molecule has 0 heterocycles. The van der Waals surface area contributed by atoms with Gasteiger partial charge in [-0.1, -0.05) is 15.9 Å². The van der Waals surface area contributed by atoms with Gasteiger partial charge in [0.25, 0.3) is 0 Å². The van der Waals surface area contributed by atoms with Crippen LogP contribution in [-0.2, 0) is 4.79 Å². The van der Waals surface area contributed by atoms with E-state index < -0.39 is 12.0 Å². The molecule has 0 aliphatic heterocycles. The summed E-state index contributed by atoms with van der Waals surface area (Å²) in [6.07, 6.45) is 0.393. The number of carboxylic acids is 1. The summed E-state index contributed by atoms with van der Waals surface area (Å²) < 4.78 is 8.79. The SMILES string of the molecule is C[N+](C)(C)[C@H](CCOc1c(Br)cc(Br)cc1I)C(=O)[O-]. The van der Waals surface area contributed by atoms with Gasteiger partial charge in [0.1, 0.15) is 11.8 Å². The van der Waals surface area contributed by atoms with E-state index in [9.17, 15) is 9.90 Å². The molecule has 0 aromatic heterocycles. The van der Waals surface area contributed by atoms with Crippen LogP contribution in [0.3, 0.4) is 0 Å². The molecule has 7 heteroatoms. The number of carbonyl (C=O) groups is 1. The predicted molar refractivity (Wildman–Crippen MR) is 91.5 cm³/mol. The average molecular weight is 521 g/mol. The summed E-state index contributed by atoms with van der Waals surface area (Å²) in [4.78, 5) is 11.2. The van der Waals surface area contributed by atoms with Crippen LogP contribution in [0.15, 0.2) is 21.1 Å². The Morgan fingerprint density at radius 1 is 1.40 bits per heavy atom. The molecule has 0 spiro atoms. The van der Waals surface area contributed by atoms with Crippen molar-refractivity contribution in [2.75, 3.05) is 27.7 Å². The topological polar surface area (TPSA) is 49.4 Å². The first-order valence-corrected chi connectivity index (χ1v) is 8.58. The van der Waals surface area contributed by atoms with Crippen molar-refractivity contribution in [1.82, 2.24) is 0 Å². The third kappa shape index (κ3) is 5.16. The molecule has 1 aromatic carbocycles. The maximum Gasteiger partial charge on any atom is 0.146 e. The Bertz CT molecular complexity index is 480. The molecule has 4 nitrogen and oxygen atoms in total. The summed E-state index contributed by atoms with van der Waals surface area (Å²) in [6.45, 7) is 0.324. The highest BCUT2D eigenvalue weighted by Gasteiger charge is 2.25. The van der Waals surface area contributed by atoms with Gasteiger partial charge in [-0.05, 0) is 50.7 Å². The summed E-state index contributed by atoms with van der Waals surface area (Å²) in [5.74, 6) is -0.321. The highest BCUT2D eigenvalue weighted by molar-refractivity contribution is 14.1. The van der Waals surface area contributed by atoms with Gasteiger partial charge in [-0.15, -0.1) is 0 Å². The molecule has 0 bridgehead atoms. The second kappa shape index (κ2) is 7.42. The third-order valence-corrected chi connectivity index (χ3v) is 4.66. The number of halogens is 3. The lowest BCUT2D eigenvalue weighted by Crippen LogP contribution is -2.55. The lowest BCUT2D eigenvalue weighted by Gasteiger charge is -2.34. The number of rotatable bonds is 6. The van der Waals surface area contributed by atoms with Crippen molar-refractivity contribution in [3.8, 4) is 5.75 Å². The second-order valence-electron chi connectivity index (χ2n) is 5.29. The second-order valence-corrected chi connectivity index (χ2v) is 8.22. The molecule has 20 heavy (non-hydrogen) atoms. The molecular formula is C13H16Br2INO3. The van der Waals surface area contributed by atoms with Gasteiger partial charge in [-0.25, -0.2) is 0 Å². The number of nitrogens with zero attached hydrogens (tertiary/aromatic N) is 1. The van der Waals surface area contributed by atoms with Crippen LogP contribution < -0.4 is 9.84 Å². The first-order chi connectivity index (χ1) is 9.12. The van der Waals surface area contributed by atoms with Gasteiger partial charge in [0.05, 0.1) is 41.8 Å². The van der Waals surface area contributed by atoms with Crippen molar-refractivity contribution in [2.45, 2.75) is 12.5 Å². The number of aliphatic carboxylic acids is 1. The Labute approximate surface area is 149 Å². The Morgan fingerprint density at radius 2 is 2.00 bits per heavy atom. The number of carboxylic acid groups (broad SMARTS) is 1. The van der Waals surface area contributed by atoms with E-state index in [0.717, 1.165) is 18.3 Å². The van der Waals surface area contributed by atoms with Crippen LogP contribution in [0.1, 0.15) is 6.42 Å². The normalized spacial score (nSPS) is 13.1. The van der Waals surface area contributed by atoms with E-state index in [0.29, 0.717) is 17.5 Å². The number of carbonyl (C=O) groups excluding carboxylic acids is 1. The molecule has 0 radical (unpaired) electrons. The summed E-state index contributed by atoms with van der Waals surface area (Å²) in [6, 6.07) is 3.24. The smallest absolute Gasteiger partial charge is 0.146 e. The number of ether oxygens (including phenoxy) is 1. The van der Waals surface area contributed by atoms with Gasteiger partial charge in [0.2, 0.25) is 0 Å². The van der Waals surface area contributed by atoms with Crippen molar-refractivity contribution in [1.29, 1.82) is 0 Å². The largest absolute Gasteiger partial charge is 0.544 e. The molecule has 0 aliphatic rings. The molecule has 0 amide bonds. The summed E-state index contributed by atoms with van der Waals surface area (Å²) >= 11 is 9.03. The zero-order chi connectivity index (χ0) is 15.5. The maximum absolute atomic E-state index is 11.2. The fourth-order valence-corrected chi connectivity index (χ4v) is 4.68.